The number of aromatic nitrogens is 2. The van der Waals surface area contributed by atoms with Gasteiger partial charge in [-0.25, -0.2) is 14.5 Å². The molecule has 168 valence electrons. The van der Waals surface area contributed by atoms with Gasteiger partial charge in [-0.3, -0.25) is 4.79 Å². The van der Waals surface area contributed by atoms with E-state index in [1.165, 1.54) is 0 Å². The molecular formula is C23H20ClN5O3S. The van der Waals surface area contributed by atoms with Crippen molar-refractivity contribution in [1.82, 2.24) is 14.7 Å². The Kier molecular flexibility index (Phi) is 6.52. The number of carbonyl (C=O) groups excluding carboxylic acids is 2. The molecule has 2 aromatic carbocycles. The Morgan fingerprint density at radius 1 is 1.21 bits per heavy atom. The minimum atomic E-state index is -0.806. The predicted molar refractivity (Wildman–Crippen MR) is 131 cm³/mol. The van der Waals surface area contributed by atoms with Gasteiger partial charge in [-0.15, -0.1) is 0 Å². The Morgan fingerprint density at radius 2 is 1.91 bits per heavy atom. The predicted octanol–water partition coefficient (Wildman–Crippen LogP) is 5.18. The number of hydrogen-bond donors (Lipinski definition) is 1. The van der Waals surface area contributed by atoms with Gasteiger partial charge in [-0.1, -0.05) is 41.9 Å². The number of benzene rings is 2. The largest absolute Gasteiger partial charge is 0.449 e. The summed E-state index contributed by atoms with van der Waals surface area (Å²) in [6.07, 6.45) is 0.863. The molecule has 2 amide bonds. The summed E-state index contributed by atoms with van der Waals surface area (Å²) in [5.74, 6) is -0.239. The van der Waals surface area contributed by atoms with Crippen molar-refractivity contribution in [2.24, 2.45) is 4.99 Å². The molecule has 1 fully saturated rings. The number of amidine groups is 1. The van der Waals surface area contributed by atoms with Crippen molar-refractivity contribution in [3.63, 3.8) is 0 Å². The van der Waals surface area contributed by atoms with Crippen molar-refractivity contribution in [1.29, 1.82) is 0 Å². The van der Waals surface area contributed by atoms with E-state index in [1.54, 1.807) is 48.9 Å². The SMILES string of the molecule is CCOC(=O)N1C(=O)/C(=C\c2ccc(Cl)cc2)SC1=Nc1c(C)nn(-c2ccccc2)c1N. The number of aryl methyl sites for hydroxylation is 1. The van der Waals surface area contributed by atoms with Crippen LogP contribution in [-0.4, -0.2) is 38.5 Å². The number of nitrogen functional groups attached to an aromatic ring is 1. The topological polar surface area (TPSA) is 103 Å². The number of thioether (sulfide) groups is 1. The van der Waals surface area contributed by atoms with Gasteiger partial charge in [0, 0.05) is 5.02 Å². The Hall–Kier alpha value is -3.56. The van der Waals surface area contributed by atoms with Crippen molar-refractivity contribution >= 4 is 58.1 Å². The third kappa shape index (κ3) is 4.64. The van der Waals surface area contributed by atoms with Crippen LogP contribution in [0.1, 0.15) is 18.2 Å². The lowest BCUT2D eigenvalue weighted by atomic mass is 10.2. The number of para-hydroxylation sites is 1. The Bertz CT molecular complexity index is 1270. The first kappa shape index (κ1) is 22.6. The highest BCUT2D eigenvalue weighted by molar-refractivity contribution is 8.18. The molecule has 33 heavy (non-hydrogen) atoms. The molecule has 8 nitrogen and oxygen atoms in total. The van der Waals surface area contributed by atoms with Gasteiger partial charge in [0.25, 0.3) is 5.91 Å². The summed E-state index contributed by atoms with van der Waals surface area (Å²) in [6.45, 7) is 3.54. The van der Waals surface area contributed by atoms with Crippen LogP contribution in [0.15, 0.2) is 64.5 Å². The van der Waals surface area contributed by atoms with E-state index >= 15 is 0 Å². The maximum atomic E-state index is 13.1. The van der Waals surface area contributed by atoms with Crippen LogP contribution in [0.3, 0.4) is 0 Å². The molecule has 1 aromatic heterocycles. The number of carbonyl (C=O) groups is 2. The second-order valence-corrected chi connectivity index (χ2v) is 8.41. The first-order valence-electron chi connectivity index (χ1n) is 10.0. The maximum absolute atomic E-state index is 13.1. The Balaban J connectivity index is 1.76. The lowest BCUT2D eigenvalue weighted by Gasteiger charge is -2.12. The Labute approximate surface area is 199 Å². The molecular weight excluding hydrogens is 462 g/mol. The molecule has 3 aromatic rings. The number of anilines is 1. The molecule has 0 unspecified atom stereocenters. The van der Waals surface area contributed by atoms with E-state index in [1.807, 2.05) is 30.3 Å². The minimum Gasteiger partial charge on any atom is -0.449 e. The molecule has 4 rings (SSSR count). The molecule has 0 saturated carbocycles. The third-order valence-electron chi connectivity index (χ3n) is 4.70. The van der Waals surface area contributed by atoms with Crippen LogP contribution in [-0.2, 0) is 9.53 Å². The van der Waals surface area contributed by atoms with Crippen LogP contribution in [0, 0.1) is 6.92 Å². The van der Waals surface area contributed by atoms with Crippen molar-refractivity contribution in [3.8, 4) is 5.69 Å². The first-order chi connectivity index (χ1) is 15.9. The summed E-state index contributed by atoms with van der Waals surface area (Å²) in [4.78, 5) is 31.4. The molecule has 2 heterocycles. The molecule has 2 N–H and O–H groups in total. The zero-order chi connectivity index (χ0) is 23.5. The number of halogens is 1. The van der Waals surface area contributed by atoms with Crippen LogP contribution in [0.2, 0.25) is 5.02 Å². The Morgan fingerprint density at radius 3 is 2.58 bits per heavy atom. The summed E-state index contributed by atoms with van der Waals surface area (Å²) in [6, 6.07) is 16.4. The second-order valence-electron chi connectivity index (χ2n) is 6.96. The lowest BCUT2D eigenvalue weighted by Crippen LogP contribution is -2.36. The van der Waals surface area contributed by atoms with Crippen LogP contribution in [0.5, 0.6) is 0 Å². The van der Waals surface area contributed by atoms with E-state index in [0.717, 1.165) is 27.9 Å². The van der Waals surface area contributed by atoms with Crippen LogP contribution < -0.4 is 5.73 Å². The number of amides is 2. The van der Waals surface area contributed by atoms with E-state index in [4.69, 9.17) is 22.1 Å². The standard InChI is InChI=1S/C23H20ClN5O3S/c1-3-32-23(31)28-21(30)18(13-15-9-11-16(24)12-10-15)33-22(28)26-19-14(2)27-29(20(19)25)17-7-5-4-6-8-17/h4-13H,3,25H2,1-2H3/b18-13+,26-22?. The first-order valence-corrected chi connectivity index (χ1v) is 11.2. The zero-order valence-corrected chi connectivity index (χ0v) is 19.4. The fraction of sp³-hybridized carbons (Fsp3) is 0.130. The summed E-state index contributed by atoms with van der Waals surface area (Å²) in [7, 11) is 0. The van der Waals surface area contributed by atoms with Gasteiger partial charge < -0.3 is 10.5 Å². The molecule has 0 atom stereocenters. The fourth-order valence-electron chi connectivity index (χ4n) is 3.14. The van der Waals surface area contributed by atoms with Crippen LogP contribution >= 0.6 is 23.4 Å². The molecule has 1 aliphatic heterocycles. The molecule has 0 spiro atoms. The van der Waals surface area contributed by atoms with E-state index in [9.17, 15) is 9.59 Å². The van der Waals surface area contributed by atoms with Gasteiger partial charge in [-0.05, 0) is 61.5 Å². The van der Waals surface area contributed by atoms with Gasteiger partial charge in [0.1, 0.15) is 5.69 Å². The smallest absolute Gasteiger partial charge is 0.423 e. The lowest BCUT2D eigenvalue weighted by molar-refractivity contribution is -0.121. The molecule has 0 bridgehead atoms. The second kappa shape index (κ2) is 9.51. The van der Waals surface area contributed by atoms with Crippen LogP contribution in [0.4, 0.5) is 16.3 Å². The highest BCUT2D eigenvalue weighted by Crippen LogP contribution is 2.37. The number of rotatable bonds is 4. The zero-order valence-electron chi connectivity index (χ0n) is 17.9. The maximum Gasteiger partial charge on any atom is 0.423 e. The molecule has 1 aliphatic rings. The van der Waals surface area contributed by atoms with Gasteiger partial charge in [0.05, 0.1) is 22.9 Å². The average molecular weight is 482 g/mol. The number of ether oxygens (including phenoxy) is 1. The van der Waals surface area contributed by atoms with E-state index < -0.39 is 12.0 Å². The molecule has 10 heteroatoms. The minimum absolute atomic E-state index is 0.115. The summed E-state index contributed by atoms with van der Waals surface area (Å²) >= 11 is 7.00. The average Bonchev–Trinajstić information content (AvgIpc) is 3.26. The van der Waals surface area contributed by atoms with Gasteiger partial charge in [0.15, 0.2) is 11.0 Å². The number of imide groups is 1. The van der Waals surface area contributed by atoms with E-state index in [-0.39, 0.29) is 17.6 Å². The summed E-state index contributed by atoms with van der Waals surface area (Å²) in [5, 5.41) is 5.19. The van der Waals surface area contributed by atoms with E-state index in [2.05, 4.69) is 10.1 Å². The van der Waals surface area contributed by atoms with Crippen molar-refractivity contribution in [2.75, 3.05) is 12.3 Å². The fourth-order valence-corrected chi connectivity index (χ4v) is 4.23. The number of nitrogens with zero attached hydrogens (tertiary/aromatic N) is 4. The van der Waals surface area contributed by atoms with Gasteiger partial charge in [0.2, 0.25) is 0 Å². The molecule has 0 aliphatic carbocycles. The van der Waals surface area contributed by atoms with Crippen molar-refractivity contribution in [2.45, 2.75) is 13.8 Å². The third-order valence-corrected chi connectivity index (χ3v) is 5.92. The normalized spacial score (nSPS) is 16.1. The number of nitrogens with two attached hydrogens (primary N) is 1. The summed E-state index contributed by atoms with van der Waals surface area (Å²) in [5.41, 5.74) is 8.79. The highest BCUT2D eigenvalue weighted by atomic mass is 35.5. The molecule has 1 saturated heterocycles. The van der Waals surface area contributed by atoms with E-state index in [0.29, 0.717) is 21.3 Å². The highest BCUT2D eigenvalue weighted by Gasteiger charge is 2.39. The van der Waals surface area contributed by atoms with Gasteiger partial charge in [-0.2, -0.15) is 10.00 Å². The monoisotopic (exact) mass is 481 g/mol. The molecule has 0 radical (unpaired) electrons. The van der Waals surface area contributed by atoms with Gasteiger partial charge >= 0.3 is 6.09 Å². The van der Waals surface area contributed by atoms with Crippen molar-refractivity contribution in [3.05, 3.63) is 75.8 Å². The van der Waals surface area contributed by atoms with Crippen molar-refractivity contribution < 1.29 is 14.3 Å². The number of aliphatic imine (C=N–C) groups is 1. The summed E-state index contributed by atoms with van der Waals surface area (Å²) < 4.78 is 6.65. The quantitative estimate of drug-likeness (QED) is 0.515. The van der Waals surface area contributed by atoms with Crippen LogP contribution in [0.25, 0.3) is 11.8 Å². The number of hydrogen-bond acceptors (Lipinski definition) is 7.